The lowest BCUT2D eigenvalue weighted by Crippen LogP contribution is -2.23. The summed E-state index contributed by atoms with van der Waals surface area (Å²) in [5, 5.41) is 2.89. The van der Waals surface area contributed by atoms with Crippen LogP contribution in [0, 0.1) is 0 Å². The van der Waals surface area contributed by atoms with Gasteiger partial charge in [0, 0.05) is 18.4 Å². The number of carbonyl (C=O) groups is 1. The standard InChI is InChI=1S/C24H25NO4S/c1-30(27,28)18-22-11-6-12-23(14-22)24(26)25-15-20-9-5-10-21(13-20)17-29-16-19-7-3-2-4-8-19/h2-14H,15-18H2,1H3,(H,25,26). The van der Waals surface area contributed by atoms with E-state index in [0.717, 1.165) is 16.7 Å². The summed E-state index contributed by atoms with van der Waals surface area (Å²) >= 11 is 0. The van der Waals surface area contributed by atoms with Gasteiger partial charge in [-0.05, 0) is 34.4 Å². The molecule has 1 N–H and O–H groups in total. The molecule has 30 heavy (non-hydrogen) atoms. The van der Waals surface area contributed by atoms with E-state index < -0.39 is 9.84 Å². The predicted octanol–water partition coefficient (Wildman–Crippen LogP) is 3.88. The lowest BCUT2D eigenvalue weighted by atomic mass is 10.1. The summed E-state index contributed by atoms with van der Waals surface area (Å²) in [5.41, 5.74) is 4.17. The van der Waals surface area contributed by atoms with Crippen molar-refractivity contribution in [3.05, 3.63) is 107 Å². The minimum absolute atomic E-state index is 0.0842. The summed E-state index contributed by atoms with van der Waals surface area (Å²) in [4.78, 5) is 12.5. The van der Waals surface area contributed by atoms with Gasteiger partial charge in [-0.25, -0.2) is 8.42 Å². The third-order valence-corrected chi connectivity index (χ3v) is 5.30. The van der Waals surface area contributed by atoms with Gasteiger partial charge in [0.2, 0.25) is 0 Å². The van der Waals surface area contributed by atoms with Crippen LogP contribution in [0.15, 0.2) is 78.9 Å². The Balaban J connectivity index is 1.53. The molecule has 6 heteroatoms. The third kappa shape index (κ3) is 7.13. The highest BCUT2D eigenvalue weighted by Crippen LogP contribution is 2.11. The molecule has 156 valence electrons. The van der Waals surface area contributed by atoms with Gasteiger partial charge in [-0.1, -0.05) is 66.7 Å². The molecule has 0 heterocycles. The van der Waals surface area contributed by atoms with Crippen LogP contribution in [0.25, 0.3) is 0 Å². The van der Waals surface area contributed by atoms with Crippen LogP contribution in [0.4, 0.5) is 0 Å². The van der Waals surface area contributed by atoms with Gasteiger partial charge in [0.25, 0.3) is 5.91 Å². The van der Waals surface area contributed by atoms with Gasteiger partial charge in [-0.2, -0.15) is 0 Å². The third-order valence-electron chi connectivity index (χ3n) is 4.44. The van der Waals surface area contributed by atoms with Crippen molar-refractivity contribution in [2.45, 2.75) is 25.5 Å². The van der Waals surface area contributed by atoms with Crippen LogP contribution < -0.4 is 5.32 Å². The number of hydrogen-bond donors (Lipinski definition) is 1. The van der Waals surface area contributed by atoms with Crippen LogP contribution in [-0.4, -0.2) is 20.6 Å². The summed E-state index contributed by atoms with van der Waals surface area (Å²) < 4.78 is 28.7. The average molecular weight is 424 g/mol. The molecule has 0 aliphatic carbocycles. The first-order chi connectivity index (χ1) is 14.4. The minimum Gasteiger partial charge on any atom is -0.372 e. The molecule has 0 saturated heterocycles. The highest BCUT2D eigenvalue weighted by molar-refractivity contribution is 7.89. The van der Waals surface area contributed by atoms with Crippen LogP contribution in [0.2, 0.25) is 0 Å². The van der Waals surface area contributed by atoms with E-state index >= 15 is 0 Å². The van der Waals surface area contributed by atoms with Crippen molar-refractivity contribution in [3.8, 4) is 0 Å². The summed E-state index contributed by atoms with van der Waals surface area (Å²) in [6.07, 6.45) is 1.18. The summed E-state index contributed by atoms with van der Waals surface area (Å²) in [6, 6.07) is 24.6. The van der Waals surface area contributed by atoms with Gasteiger partial charge >= 0.3 is 0 Å². The SMILES string of the molecule is CS(=O)(=O)Cc1cccc(C(=O)NCc2cccc(COCc3ccccc3)c2)c1. The van der Waals surface area contributed by atoms with Gasteiger partial charge < -0.3 is 10.1 Å². The fourth-order valence-corrected chi connectivity index (χ4v) is 3.86. The number of benzene rings is 3. The van der Waals surface area contributed by atoms with Crippen LogP contribution in [0.5, 0.6) is 0 Å². The average Bonchev–Trinajstić information content (AvgIpc) is 2.72. The van der Waals surface area contributed by atoms with E-state index in [1.807, 2.05) is 54.6 Å². The minimum atomic E-state index is -3.15. The first kappa shape index (κ1) is 21.7. The van der Waals surface area contributed by atoms with Crippen molar-refractivity contribution in [2.75, 3.05) is 6.26 Å². The number of amides is 1. The summed E-state index contributed by atoms with van der Waals surface area (Å²) in [5.74, 6) is -0.324. The molecule has 1 amide bonds. The molecule has 0 aliphatic rings. The smallest absolute Gasteiger partial charge is 0.251 e. The zero-order valence-electron chi connectivity index (χ0n) is 16.9. The fourth-order valence-electron chi connectivity index (χ4n) is 3.08. The Morgan fingerprint density at radius 3 is 2.20 bits per heavy atom. The molecular weight excluding hydrogens is 398 g/mol. The Bertz CT molecular complexity index is 1090. The van der Waals surface area contributed by atoms with E-state index in [4.69, 9.17) is 4.74 Å². The van der Waals surface area contributed by atoms with E-state index in [-0.39, 0.29) is 11.7 Å². The molecule has 5 nitrogen and oxygen atoms in total. The number of carbonyl (C=O) groups excluding carboxylic acids is 1. The Kier molecular flexibility index (Phi) is 7.38. The van der Waals surface area contributed by atoms with Crippen molar-refractivity contribution in [2.24, 2.45) is 0 Å². The molecule has 0 unspecified atom stereocenters. The maximum absolute atomic E-state index is 12.5. The molecule has 0 bridgehead atoms. The number of ether oxygens (including phenoxy) is 1. The maximum atomic E-state index is 12.5. The van der Waals surface area contributed by atoms with Gasteiger partial charge in [0.15, 0.2) is 9.84 Å². The van der Waals surface area contributed by atoms with Crippen LogP contribution in [0.1, 0.15) is 32.6 Å². The lowest BCUT2D eigenvalue weighted by Gasteiger charge is -2.09. The van der Waals surface area contributed by atoms with Crippen molar-refractivity contribution >= 4 is 15.7 Å². The summed E-state index contributed by atoms with van der Waals surface area (Å²) in [6.45, 7) is 1.41. The highest BCUT2D eigenvalue weighted by atomic mass is 32.2. The molecular formula is C24H25NO4S. The number of rotatable bonds is 9. The lowest BCUT2D eigenvalue weighted by molar-refractivity contribution is 0.0950. The second-order valence-electron chi connectivity index (χ2n) is 7.25. The predicted molar refractivity (Wildman–Crippen MR) is 118 cm³/mol. The topological polar surface area (TPSA) is 72.5 Å². The molecule has 3 rings (SSSR count). The van der Waals surface area contributed by atoms with E-state index in [9.17, 15) is 13.2 Å². The molecule has 0 aromatic heterocycles. The Hall–Kier alpha value is -2.96. The van der Waals surface area contributed by atoms with Crippen LogP contribution in [0.3, 0.4) is 0 Å². The van der Waals surface area contributed by atoms with E-state index in [2.05, 4.69) is 5.32 Å². The molecule has 0 atom stereocenters. The van der Waals surface area contributed by atoms with Crippen LogP contribution in [-0.2, 0) is 40.1 Å². The maximum Gasteiger partial charge on any atom is 0.251 e. The number of nitrogens with one attached hydrogen (secondary N) is 1. The molecule has 0 radical (unpaired) electrons. The van der Waals surface area contributed by atoms with Crippen molar-refractivity contribution in [1.29, 1.82) is 0 Å². The molecule has 3 aromatic carbocycles. The summed E-state index contributed by atoms with van der Waals surface area (Å²) in [7, 11) is -3.15. The van der Waals surface area contributed by atoms with Crippen molar-refractivity contribution in [3.63, 3.8) is 0 Å². The van der Waals surface area contributed by atoms with Gasteiger partial charge in [-0.3, -0.25) is 4.79 Å². The first-order valence-electron chi connectivity index (χ1n) is 9.63. The largest absolute Gasteiger partial charge is 0.372 e. The molecule has 3 aromatic rings. The van der Waals surface area contributed by atoms with Crippen LogP contribution >= 0.6 is 0 Å². The van der Waals surface area contributed by atoms with Crippen molar-refractivity contribution < 1.29 is 17.9 Å². The first-order valence-corrected chi connectivity index (χ1v) is 11.7. The van der Waals surface area contributed by atoms with E-state index in [1.54, 1.807) is 24.3 Å². The number of sulfone groups is 1. The van der Waals surface area contributed by atoms with Crippen molar-refractivity contribution in [1.82, 2.24) is 5.32 Å². The fraction of sp³-hybridized carbons (Fsp3) is 0.208. The zero-order valence-corrected chi connectivity index (χ0v) is 17.7. The zero-order chi connectivity index (χ0) is 21.4. The van der Waals surface area contributed by atoms with E-state index in [1.165, 1.54) is 6.26 Å². The Morgan fingerprint density at radius 2 is 1.43 bits per heavy atom. The Morgan fingerprint density at radius 1 is 0.800 bits per heavy atom. The van der Waals surface area contributed by atoms with Gasteiger partial charge in [0.05, 0.1) is 19.0 Å². The van der Waals surface area contributed by atoms with Gasteiger partial charge in [0.1, 0.15) is 0 Å². The second kappa shape index (κ2) is 10.2. The number of hydrogen-bond acceptors (Lipinski definition) is 4. The molecule has 0 aliphatic heterocycles. The van der Waals surface area contributed by atoms with E-state index in [0.29, 0.717) is 30.9 Å². The normalized spacial score (nSPS) is 11.2. The monoisotopic (exact) mass is 423 g/mol. The molecule has 0 saturated carbocycles. The Labute approximate surface area is 177 Å². The highest BCUT2D eigenvalue weighted by Gasteiger charge is 2.09. The molecule has 0 fully saturated rings. The van der Waals surface area contributed by atoms with Gasteiger partial charge in [-0.15, -0.1) is 0 Å². The molecule has 0 spiro atoms. The quantitative estimate of drug-likeness (QED) is 0.567. The second-order valence-corrected chi connectivity index (χ2v) is 9.39.